The van der Waals surface area contributed by atoms with E-state index < -0.39 is 16.1 Å². The number of unbranched alkanes of at least 4 members (excludes halogenated alkanes) is 5. The topological polar surface area (TPSA) is 136 Å². The molecular weight excluding hydrogens is 582 g/mol. The van der Waals surface area contributed by atoms with Crippen LogP contribution in [0.2, 0.25) is 0 Å². The summed E-state index contributed by atoms with van der Waals surface area (Å²) in [5, 5.41) is 2.99. The number of fused-ring (bicyclic) bond motifs is 1. The molecule has 0 aromatic carbocycles. The molecular formula is C31H43N7O5S. The molecule has 1 fully saturated rings. The third kappa shape index (κ3) is 8.26. The molecule has 3 aromatic heterocycles. The van der Waals surface area contributed by atoms with Crippen LogP contribution in [-0.4, -0.2) is 82.7 Å². The summed E-state index contributed by atoms with van der Waals surface area (Å²) in [6, 6.07) is 3.15. The second-order valence-electron chi connectivity index (χ2n) is 11.5. The van der Waals surface area contributed by atoms with Crippen molar-refractivity contribution in [2.24, 2.45) is 0 Å². The number of rotatable bonds is 15. The van der Waals surface area contributed by atoms with E-state index in [4.69, 9.17) is 14.1 Å². The van der Waals surface area contributed by atoms with Gasteiger partial charge in [0.2, 0.25) is 21.9 Å². The van der Waals surface area contributed by atoms with Crippen molar-refractivity contribution in [3.05, 3.63) is 54.1 Å². The van der Waals surface area contributed by atoms with Crippen LogP contribution in [0.25, 0.3) is 12.0 Å². The lowest BCUT2D eigenvalue weighted by Gasteiger charge is -2.41. The van der Waals surface area contributed by atoms with E-state index in [0.29, 0.717) is 56.6 Å². The molecule has 1 saturated heterocycles. The molecule has 0 saturated carbocycles. The molecule has 12 nitrogen and oxygen atoms in total. The Bertz CT molecular complexity index is 1520. The number of aromatic nitrogens is 4. The van der Waals surface area contributed by atoms with Crippen molar-refractivity contribution in [2.45, 2.75) is 71.3 Å². The third-order valence-electron chi connectivity index (χ3n) is 8.02. The average Bonchev–Trinajstić information content (AvgIpc) is 3.71. The number of imidazole rings is 1. The van der Waals surface area contributed by atoms with Gasteiger partial charge in [-0.15, -0.1) is 0 Å². The van der Waals surface area contributed by atoms with Crippen molar-refractivity contribution in [1.82, 2.24) is 29.1 Å². The van der Waals surface area contributed by atoms with Crippen molar-refractivity contribution in [3.8, 4) is 11.7 Å². The Morgan fingerprint density at radius 3 is 2.80 bits per heavy atom. The Balaban J connectivity index is 1.25. The van der Waals surface area contributed by atoms with Crippen LogP contribution < -0.4 is 15.0 Å². The number of furan rings is 1. The van der Waals surface area contributed by atoms with Crippen LogP contribution in [0.3, 0.4) is 0 Å². The van der Waals surface area contributed by atoms with Gasteiger partial charge in [-0.25, -0.2) is 18.4 Å². The lowest BCUT2D eigenvalue weighted by atomic mass is 10.1. The number of carbonyl (C=O) groups is 1. The quantitative estimate of drug-likeness (QED) is 0.248. The summed E-state index contributed by atoms with van der Waals surface area (Å²) in [4.78, 5) is 28.6. The molecule has 0 bridgehead atoms. The SMILES string of the molecule is CCCCCCCCS(=O)(=O)N1CCN(c2cc(C)nc(-n3ccnc3)n2)CC1CC(=O)NCCC1=Cc2occc2OC1. The molecule has 2 aliphatic rings. The Kier molecular flexibility index (Phi) is 10.7. The second kappa shape index (κ2) is 14.8. The molecule has 1 amide bonds. The van der Waals surface area contributed by atoms with Crippen molar-refractivity contribution in [1.29, 1.82) is 0 Å². The summed E-state index contributed by atoms with van der Waals surface area (Å²) in [7, 11) is -3.54. The highest BCUT2D eigenvalue weighted by Gasteiger charge is 2.36. The van der Waals surface area contributed by atoms with Gasteiger partial charge < -0.3 is 19.4 Å². The molecule has 0 spiro atoms. The van der Waals surface area contributed by atoms with Crippen LogP contribution in [0.15, 0.2) is 47.1 Å². The number of piperazine rings is 1. The van der Waals surface area contributed by atoms with Crippen molar-refractivity contribution < 1.29 is 22.4 Å². The molecule has 13 heteroatoms. The lowest BCUT2D eigenvalue weighted by Crippen LogP contribution is -2.57. The highest BCUT2D eigenvalue weighted by atomic mass is 32.2. The van der Waals surface area contributed by atoms with E-state index in [1.165, 1.54) is 6.42 Å². The molecule has 1 atom stereocenters. The first-order valence-corrected chi connectivity index (χ1v) is 17.2. The number of hydrogen-bond acceptors (Lipinski definition) is 9. The molecule has 1 N–H and O–H groups in total. The minimum Gasteiger partial charge on any atom is -0.485 e. The number of aryl methyl sites for hydroxylation is 1. The van der Waals surface area contributed by atoms with E-state index in [2.05, 4.69) is 27.1 Å². The zero-order valence-electron chi connectivity index (χ0n) is 25.7. The van der Waals surface area contributed by atoms with Gasteiger partial charge in [0.1, 0.15) is 18.8 Å². The molecule has 1 unspecified atom stereocenters. The maximum Gasteiger partial charge on any atom is 0.237 e. The van der Waals surface area contributed by atoms with Gasteiger partial charge in [-0.3, -0.25) is 9.36 Å². The van der Waals surface area contributed by atoms with Crippen molar-refractivity contribution >= 4 is 27.8 Å². The molecule has 0 aliphatic carbocycles. The van der Waals surface area contributed by atoms with Crippen molar-refractivity contribution in [2.75, 3.05) is 43.4 Å². The third-order valence-corrected chi connectivity index (χ3v) is 10.0. The Hall–Kier alpha value is -3.71. The maximum absolute atomic E-state index is 13.6. The summed E-state index contributed by atoms with van der Waals surface area (Å²) in [5.41, 5.74) is 1.81. The molecule has 3 aromatic rings. The fourth-order valence-electron chi connectivity index (χ4n) is 5.68. The largest absolute Gasteiger partial charge is 0.485 e. The number of nitrogens with one attached hydrogen (secondary N) is 1. The minimum absolute atomic E-state index is 0.0581. The smallest absolute Gasteiger partial charge is 0.237 e. The standard InChI is InChI=1S/C31H43N7O5S/c1-3-4-5-6-7-8-17-44(40,41)38-15-14-36(29-18-24(2)34-31(35-29)37-13-12-32-23-37)21-26(38)20-30(39)33-11-9-25-19-28-27(43-22-25)10-16-42-28/h10,12-13,16,18-19,23,26H,3-9,11,14-15,17,20-22H2,1-2H3,(H,33,39). The summed E-state index contributed by atoms with van der Waals surface area (Å²) in [6.45, 7) is 6.04. The van der Waals surface area contributed by atoms with E-state index in [-0.39, 0.29) is 24.6 Å². The predicted molar refractivity (Wildman–Crippen MR) is 168 cm³/mol. The van der Waals surface area contributed by atoms with Gasteiger partial charge in [-0.05, 0) is 31.4 Å². The number of sulfonamides is 1. The second-order valence-corrected chi connectivity index (χ2v) is 13.5. The van der Waals surface area contributed by atoms with Crippen LogP contribution in [0.4, 0.5) is 5.82 Å². The summed E-state index contributed by atoms with van der Waals surface area (Å²) >= 11 is 0. The Morgan fingerprint density at radius 1 is 1.14 bits per heavy atom. The predicted octanol–water partition coefficient (Wildman–Crippen LogP) is 4.12. The van der Waals surface area contributed by atoms with Gasteiger partial charge in [0.25, 0.3) is 0 Å². The first-order chi connectivity index (χ1) is 21.3. The number of carbonyl (C=O) groups excluding carboxylic acids is 1. The highest BCUT2D eigenvalue weighted by molar-refractivity contribution is 7.89. The number of amides is 1. The molecule has 2 aliphatic heterocycles. The Labute approximate surface area is 259 Å². The zero-order valence-corrected chi connectivity index (χ0v) is 26.5. The van der Waals surface area contributed by atoms with Gasteiger partial charge >= 0.3 is 0 Å². The van der Waals surface area contributed by atoms with Gasteiger partial charge in [-0.1, -0.05) is 39.0 Å². The van der Waals surface area contributed by atoms with Crippen LogP contribution in [-0.2, 0) is 14.8 Å². The zero-order chi connectivity index (χ0) is 30.9. The number of anilines is 1. The first-order valence-electron chi connectivity index (χ1n) is 15.6. The fraction of sp³-hybridized carbons (Fsp3) is 0.548. The van der Waals surface area contributed by atoms with E-state index >= 15 is 0 Å². The number of hydrogen-bond donors (Lipinski definition) is 1. The van der Waals surface area contributed by atoms with Gasteiger partial charge in [0, 0.05) is 62.8 Å². The lowest BCUT2D eigenvalue weighted by molar-refractivity contribution is -0.121. The summed E-state index contributed by atoms with van der Waals surface area (Å²) in [6.07, 6.45) is 15.3. The van der Waals surface area contributed by atoms with Crippen LogP contribution in [0, 0.1) is 6.92 Å². The average molecular weight is 626 g/mol. The van der Waals surface area contributed by atoms with Crippen LogP contribution in [0.1, 0.15) is 69.7 Å². The molecule has 5 rings (SSSR count). The fourth-order valence-corrected chi connectivity index (χ4v) is 7.44. The number of ether oxygens (including phenoxy) is 1. The van der Waals surface area contributed by atoms with Crippen molar-refractivity contribution in [3.63, 3.8) is 0 Å². The van der Waals surface area contributed by atoms with Gasteiger partial charge in [0.05, 0.1) is 18.1 Å². The Morgan fingerprint density at radius 2 is 1.98 bits per heavy atom. The summed E-state index contributed by atoms with van der Waals surface area (Å²) in [5.74, 6) is 2.50. The van der Waals surface area contributed by atoms with E-state index in [1.54, 1.807) is 39.9 Å². The van der Waals surface area contributed by atoms with Gasteiger partial charge in [0.15, 0.2) is 11.5 Å². The van der Waals surface area contributed by atoms with Crippen LogP contribution in [0.5, 0.6) is 5.75 Å². The van der Waals surface area contributed by atoms with E-state index in [0.717, 1.165) is 42.7 Å². The van der Waals surface area contributed by atoms with Crippen LogP contribution >= 0.6 is 0 Å². The van der Waals surface area contributed by atoms with E-state index in [9.17, 15) is 13.2 Å². The molecule has 5 heterocycles. The normalized spacial score (nSPS) is 17.2. The molecule has 44 heavy (non-hydrogen) atoms. The van der Waals surface area contributed by atoms with Gasteiger partial charge in [-0.2, -0.15) is 9.29 Å². The maximum atomic E-state index is 13.6. The molecule has 238 valence electrons. The minimum atomic E-state index is -3.54. The molecule has 0 radical (unpaired) electrons. The number of nitrogens with zero attached hydrogens (tertiary/aromatic N) is 6. The summed E-state index contributed by atoms with van der Waals surface area (Å²) < 4.78 is 41.6. The monoisotopic (exact) mass is 625 g/mol. The first kappa shape index (κ1) is 31.7. The van der Waals surface area contributed by atoms with E-state index in [1.807, 2.05) is 19.1 Å². The highest BCUT2D eigenvalue weighted by Crippen LogP contribution is 2.28.